The van der Waals surface area contributed by atoms with E-state index in [1.165, 1.54) is 24.3 Å². The molecule has 0 radical (unpaired) electrons. The van der Waals surface area contributed by atoms with Crippen molar-refractivity contribution in [2.45, 2.75) is 4.90 Å². The van der Waals surface area contributed by atoms with Gasteiger partial charge in [-0.15, -0.1) is 0 Å². The molecular formula is C16H11N3O4S. The van der Waals surface area contributed by atoms with Crippen molar-refractivity contribution < 1.29 is 18.1 Å². The normalized spacial score (nSPS) is 10.3. The van der Waals surface area contributed by atoms with Crippen molar-refractivity contribution in [3.05, 3.63) is 54.2 Å². The maximum absolute atomic E-state index is 11.6. The summed E-state index contributed by atoms with van der Waals surface area (Å²) in [4.78, 5) is -0.403. The summed E-state index contributed by atoms with van der Waals surface area (Å²) in [6, 6.07) is 13.6. The Kier molecular flexibility index (Phi) is 4.85. The molecule has 0 amide bonds. The lowest BCUT2D eigenvalue weighted by molar-refractivity contribution is 0.475. The van der Waals surface area contributed by atoms with E-state index in [4.69, 9.17) is 10.5 Å². The van der Waals surface area contributed by atoms with Gasteiger partial charge in [-0.05, 0) is 35.4 Å². The summed E-state index contributed by atoms with van der Waals surface area (Å²) in [6.07, 6.45) is 1.05. The molecule has 0 saturated carbocycles. The van der Waals surface area contributed by atoms with Crippen LogP contribution >= 0.6 is 0 Å². The molecule has 2 aromatic rings. The highest BCUT2D eigenvalue weighted by molar-refractivity contribution is 7.86. The third-order valence-electron chi connectivity index (χ3n) is 3.07. The van der Waals surface area contributed by atoms with Crippen molar-refractivity contribution >= 4 is 15.8 Å². The Morgan fingerprint density at radius 3 is 2.17 bits per heavy atom. The quantitative estimate of drug-likeness (QED) is 0.574. The van der Waals surface area contributed by atoms with Crippen LogP contribution in [0.15, 0.2) is 59.1 Å². The summed E-state index contributed by atoms with van der Waals surface area (Å²) >= 11 is 0. The van der Waals surface area contributed by atoms with E-state index in [0.29, 0.717) is 11.1 Å². The first-order valence-electron chi connectivity index (χ1n) is 6.53. The number of nitriles is 2. The molecular weight excluding hydrogens is 330 g/mol. The van der Waals surface area contributed by atoms with Crippen molar-refractivity contribution in [3.8, 4) is 29.0 Å². The summed E-state index contributed by atoms with van der Waals surface area (Å²) in [5.41, 5.74) is 0.898. The largest absolute Gasteiger partial charge is 0.508 e. The average Bonchev–Trinajstić information content (AvgIpc) is 2.56. The Hall–Kier alpha value is -3.33. The lowest BCUT2D eigenvalue weighted by Crippen LogP contribution is -2.03. The minimum Gasteiger partial charge on any atom is -0.508 e. The Bertz CT molecular complexity index is 965. The van der Waals surface area contributed by atoms with Crippen molar-refractivity contribution in [2.75, 3.05) is 5.32 Å². The second-order valence-corrected chi connectivity index (χ2v) is 6.05. The number of hydrogen-bond donors (Lipinski definition) is 3. The number of nitrogens with one attached hydrogen (secondary N) is 1. The fourth-order valence-electron chi connectivity index (χ4n) is 1.93. The monoisotopic (exact) mass is 341 g/mol. The van der Waals surface area contributed by atoms with Crippen LogP contribution in [-0.4, -0.2) is 18.1 Å². The first-order chi connectivity index (χ1) is 11.3. The number of hydrogen-bond acceptors (Lipinski definition) is 6. The molecule has 3 N–H and O–H groups in total. The summed E-state index contributed by atoms with van der Waals surface area (Å²) < 4.78 is 32.6. The molecule has 0 atom stereocenters. The Morgan fingerprint density at radius 1 is 1.04 bits per heavy atom. The smallest absolute Gasteiger partial charge is 0.296 e. The summed E-state index contributed by atoms with van der Waals surface area (Å²) in [7, 11) is -4.54. The van der Waals surface area contributed by atoms with E-state index in [2.05, 4.69) is 5.32 Å². The molecule has 0 aliphatic rings. The topological polar surface area (TPSA) is 134 Å². The zero-order valence-corrected chi connectivity index (χ0v) is 12.9. The molecule has 7 nitrogen and oxygen atoms in total. The molecule has 0 fully saturated rings. The number of aromatic hydroxyl groups is 1. The van der Waals surface area contributed by atoms with Crippen LogP contribution in [0, 0.1) is 22.7 Å². The summed E-state index contributed by atoms with van der Waals surface area (Å²) in [6.45, 7) is 0. The van der Waals surface area contributed by atoms with Crippen LogP contribution in [0.4, 0.5) is 5.69 Å². The fraction of sp³-hybridized carbons (Fsp3) is 0. The molecule has 120 valence electrons. The number of rotatable bonds is 4. The van der Waals surface area contributed by atoms with E-state index >= 15 is 0 Å². The van der Waals surface area contributed by atoms with Gasteiger partial charge in [-0.25, -0.2) is 0 Å². The van der Waals surface area contributed by atoms with E-state index in [0.717, 1.165) is 6.20 Å². The molecule has 0 unspecified atom stereocenters. The number of phenolic OH excluding ortho intramolecular Hbond substituents is 1. The first-order valence-corrected chi connectivity index (χ1v) is 7.97. The van der Waals surface area contributed by atoms with Crippen LogP contribution in [0.1, 0.15) is 0 Å². The van der Waals surface area contributed by atoms with E-state index < -0.39 is 15.0 Å². The highest BCUT2D eigenvalue weighted by atomic mass is 32.2. The van der Waals surface area contributed by atoms with Crippen LogP contribution in [0.2, 0.25) is 0 Å². The molecule has 0 aliphatic heterocycles. The lowest BCUT2D eigenvalue weighted by Gasteiger charge is -2.10. The number of anilines is 1. The van der Waals surface area contributed by atoms with Gasteiger partial charge in [0.1, 0.15) is 28.4 Å². The van der Waals surface area contributed by atoms with Gasteiger partial charge in [0.2, 0.25) is 0 Å². The molecule has 2 aromatic carbocycles. The van der Waals surface area contributed by atoms with Gasteiger partial charge in [-0.1, -0.05) is 18.2 Å². The molecule has 8 heteroatoms. The number of allylic oxidation sites excluding steroid dienone is 1. The van der Waals surface area contributed by atoms with E-state index in [1.54, 1.807) is 30.3 Å². The van der Waals surface area contributed by atoms with Crippen LogP contribution < -0.4 is 5.32 Å². The SMILES string of the molecule is N#CC(C#N)=CNc1ccc(-c2ccc(O)cc2)cc1S(=O)(=O)O. The molecule has 0 spiro atoms. The van der Waals surface area contributed by atoms with Gasteiger partial charge in [0.15, 0.2) is 0 Å². The maximum atomic E-state index is 11.6. The van der Waals surface area contributed by atoms with Crippen LogP contribution in [0.25, 0.3) is 11.1 Å². The third kappa shape index (κ3) is 3.90. The van der Waals surface area contributed by atoms with Crippen molar-refractivity contribution in [1.82, 2.24) is 0 Å². The van der Waals surface area contributed by atoms with Gasteiger partial charge in [0.25, 0.3) is 10.1 Å². The van der Waals surface area contributed by atoms with Gasteiger partial charge in [0, 0.05) is 6.20 Å². The second-order valence-electron chi connectivity index (χ2n) is 4.66. The zero-order valence-electron chi connectivity index (χ0n) is 12.1. The minimum atomic E-state index is -4.54. The molecule has 2 rings (SSSR count). The number of nitrogens with zero attached hydrogens (tertiary/aromatic N) is 2. The van der Waals surface area contributed by atoms with Crippen LogP contribution in [0.5, 0.6) is 5.75 Å². The lowest BCUT2D eigenvalue weighted by atomic mass is 10.1. The molecule has 24 heavy (non-hydrogen) atoms. The number of phenols is 1. The fourth-order valence-corrected chi connectivity index (χ4v) is 2.61. The van der Waals surface area contributed by atoms with Crippen molar-refractivity contribution in [1.29, 1.82) is 10.5 Å². The van der Waals surface area contributed by atoms with E-state index in [1.807, 2.05) is 0 Å². The van der Waals surface area contributed by atoms with Crippen LogP contribution in [-0.2, 0) is 10.1 Å². The summed E-state index contributed by atoms with van der Waals surface area (Å²) in [5, 5.41) is 29.2. The van der Waals surface area contributed by atoms with Gasteiger partial charge >= 0.3 is 0 Å². The molecule has 0 aliphatic carbocycles. The zero-order chi connectivity index (χ0) is 17.7. The number of benzene rings is 2. The summed E-state index contributed by atoms with van der Waals surface area (Å²) in [5.74, 6) is 0.0673. The predicted octanol–water partition coefficient (Wildman–Crippen LogP) is 2.65. The predicted molar refractivity (Wildman–Crippen MR) is 86.3 cm³/mol. The highest BCUT2D eigenvalue weighted by Crippen LogP contribution is 2.29. The second kappa shape index (κ2) is 6.84. The van der Waals surface area contributed by atoms with E-state index in [-0.39, 0.29) is 17.0 Å². The average molecular weight is 341 g/mol. The third-order valence-corrected chi connectivity index (χ3v) is 3.97. The minimum absolute atomic E-state index is 0.0167. The van der Waals surface area contributed by atoms with Gasteiger partial charge < -0.3 is 10.4 Å². The van der Waals surface area contributed by atoms with E-state index in [9.17, 15) is 18.1 Å². The van der Waals surface area contributed by atoms with Crippen molar-refractivity contribution in [3.63, 3.8) is 0 Å². The Labute approximate surface area is 138 Å². The van der Waals surface area contributed by atoms with Gasteiger partial charge in [-0.3, -0.25) is 4.55 Å². The highest BCUT2D eigenvalue weighted by Gasteiger charge is 2.16. The van der Waals surface area contributed by atoms with Gasteiger partial charge in [-0.2, -0.15) is 18.9 Å². The Morgan fingerprint density at radius 2 is 1.62 bits per heavy atom. The standard InChI is InChI=1S/C16H11N3O4S/c17-8-11(9-18)10-19-15-6-3-13(7-16(15)24(21,22)23)12-1-4-14(20)5-2-12/h1-7,10,19-20H,(H,21,22,23). The maximum Gasteiger partial charge on any atom is 0.296 e. The van der Waals surface area contributed by atoms with Crippen LogP contribution in [0.3, 0.4) is 0 Å². The Balaban J connectivity index is 2.51. The first kappa shape index (κ1) is 17.0. The molecule has 0 heterocycles. The molecule has 0 bridgehead atoms. The van der Waals surface area contributed by atoms with Crippen molar-refractivity contribution in [2.24, 2.45) is 0 Å². The van der Waals surface area contributed by atoms with Gasteiger partial charge in [0.05, 0.1) is 5.69 Å². The molecule has 0 saturated heterocycles. The molecule has 0 aromatic heterocycles.